The van der Waals surface area contributed by atoms with E-state index in [2.05, 4.69) is 32.2 Å². The molecule has 0 saturated heterocycles. The molecule has 0 atom stereocenters. The zero-order valence-corrected chi connectivity index (χ0v) is 11.7. The first-order valence-corrected chi connectivity index (χ1v) is 6.63. The summed E-state index contributed by atoms with van der Waals surface area (Å²) in [5.41, 5.74) is 1.13. The molecular formula is C14H22ClNO. The molecule has 1 aromatic carbocycles. The van der Waals surface area contributed by atoms with Crippen LogP contribution in [0.2, 0.25) is 5.02 Å². The topological polar surface area (TPSA) is 21.3 Å². The van der Waals surface area contributed by atoms with E-state index in [1.165, 1.54) is 0 Å². The largest absolute Gasteiger partial charge is 0.492 e. The highest BCUT2D eigenvalue weighted by Crippen LogP contribution is 2.28. The molecule has 0 heterocycles. The van der Waals surface area contributed by atoms with Crippen molar-refractivity contribution in [2.24, 2.45) is 5.92 Å². The van der Waals surface area contributed by atoms with Crippen LogP contribution in [0.3, 0.4) is 0 Å². The van der Waals surface area contributed by atoms with Gasteiger partial charge in [0.05, 0.1) is 11.6 Å². The monoisotopic (exact) mass is 255 g/mol. The second-order valence-corrected chi connectivity index (χ2v) is 5.01. The Bertz CT molecular complexity index is 339. The fourth-order valence-electron chi connectivity index (χ4n) is 1.55. The Morgan fingerprint density at radius 2 is 2.12 bits per heavy atom. The van der Waals surface area contributed by atoms with Gasteiger partial charge in [-0.25, -0.2) is 0 Å². The van der Waals surface area contributed by atoms with Crippen molar-refractivity contribution in [3.63, 3.8) is 0 Å². The second kappa shape index (κ2) is 7.57. The number of halogens is 1. The van der Waals surface area contributed by atoms with E-state index in [0.29, 0.717) is 17.5 Å². The molecule has 0 amide bonds. The van der Waals surface area contributed by atoms with Gasteiger partial charge in [0.25, 0.3) is 0 Å². The Labute approximate surface area is 109 Å². The minimum Gasteiger partial charge on any atom is -0.492 e. The van der Waals surface area contributed by atoms with Gasteiger partial charge in [-0.3, -0.25) is 0 Å². The van der Waals surface area contributed by atoms with Crippen molar-refractivity contribution >= 4 is 11.6 Å². The van der Waals surface area contributed by atoms with Crippen LogP contribution in [0.15, 0.2) is 18.2 Å². The first-order valence-electron chi connectivity index (χ1n) is 6.26. The van der Waals surface area contributed by atoms with Crippen LogP contribution in [0.5, 0.6) is 5.75 Å². The van der Waals surface area contributed by atoms with Crippen LogP contribution >= 0.6 is 11.6 Å². The number of nitrogens with one attached hydrogen (secondary N) is 1. The molecule has 0 aliphatic carbocycles. The van der Waals surface area contributed by atoms with Gasteiger partial charge in [0.2, 0.25) is 0 Å². The molecule has 96 valence electrons. The quantitative estimate of drug-likeness (QED) is 0.799. The molecule has 0 unspecified atom stereocenters. The van der Waals surface area contributed by atoms with Crippen molar-refractivity contribution in [3.8, 4) is 5.75 Å². The van der Waals surface area contributed by atoms with Crippen LogP contribution in [-0.4, -0.2) is 13.2 Å². The van der Waals surface area contributed by atoms with Crippen LogP contribution in [0.1, 0.15) is 32.8 Å². The minimum atomic E-state index is 0.647. The molecular weight excluding hydrogens is 234 g/mol. The van der Waals surface area contributed by atoms with E-state index in [1.54, 1.807) is 0 Å². The molecule has 0 aromatic heterocycles. The number of para-hydroxylation sites is 1. The van der Waals surface area contributed by atoms with Gasteiger partial charge in [-0.05, 0) is 24.9 Å². The molecule has 0 radical (unpaired) electrons. The lowest BCUT2D eigenvalue weighted by Gasteiger charge is -2.14. The summed E-state index contributed by atoms with van der Waals surface area (Å²) >= 11 is 6.15. The molecule has 0 spiro atoms. The van der Waals surface area contributed by atoms with Crippen molar-refractivity contribution in [3.05, 3.63) is 28.8 Å². The maximum atomic E-state index is 6.15. The van der Waals surface area contributed by atoms with Crippen molar-refractivity contribution in [2.75, 3.05) is 13.2 Å². The van der Waals surface area contributed by atoms with E-state index in [9.17, 15) is 0 Å². The molecule has 0 aliphatic heterocycles. The Morgan fingerprint density at radius 1 is 1.35 bits per heavy atom. The third-order valence-electron chi connectivity index (χ3n) is 2.37. The molecule has 0 aliphatic rings. The summed E-state index contributed by atoms with van der Waals surface area (Å²) in [6, 6.07) is 5.90. The van der Waals surface area contributed by atoms with Crippen molar-refractivity contribution in [2.45, 2.75) is 33.7 Å². The van der Waals surface area contributed by atoms with Gasteiger partial charge in [-0.1, -0.05) is 44.5 Å². The zero-order chi connectivity index (χ0) is 12.7. The van der Waals surface area contributed by atoms with Crippen LogP contribution in [0.25, 0.3) is 0 Å². The second-order valence-electron chi connectivity index (χ2n) is 4.60. The molecule has 1 rings (SSSR count). The molecule has 1 aromatic rings. The highest BCUT2D eigenvalue weighted by molar-refractivity contribution is 6.32. The van der Waals surface area contributed by atoms with Crippen molar-refractivity contribution in [1.29, 1.82) is 0 Å². The standard InChI is InChI=1S/C14H22ClNO/c1-4-8-17-14-12(6-5-7-13(14)15)10-16-9-11(2)3/h5-7,11,16H,4,8-10H2,1-3H3. The van der Waals surface area contributed by atoms with Gasteiger partial charge in [0.15, 0.2) is 0 Å². The zero-order valence-electron chi connectivity index (χ0n) is 10.9. The first kappa shape index (κ1) is 14.3. The Hall–Kier alpha value is -0.730. The molecule has 17 heavy (non-hydrogen) atoms. The van der Waals surface area contributed by atoms with Crippen LogP contribution in [0, 0.1) is 5.92 Å². The number of ether oxygens (including phenoxy) is 1. The van der Waals surface area contributed by atoms with Crippen LogP contribution < -0.4 is 10.1 Å². The maximum Gasteiger partial charge on any atom is 0.142 e. The third kappa shape index (κ3) is 4.97. The number of benzene rings is 1. The average molecular weight is 256 g/mol. The van der Waals surface area contributed by atoms with E-state index in [0.717, 1.165) is 30.8 Å². The van der Waals surface area contributed by atoms with Gasteiger partial charge in [-0.2, -0.15) is 0 Å². The first-order chi connectivity index (χ1) is 8.15. The van der Waals surface area contributed by atoms with Gasteiger partial charge in [0, 0.05) is 12.1 Å². The highest BCUT2D eigenvalue weighted by atomic mass is 35.5. The smallest absolute Gasteiger partial charge is 0.142 e. The van der Waals surface area contributed by atoms with Crippen molar-refractivity contribution < 1.29 is 4.74 Å². The van der Waals surface area contributed by atoms with Crippen molar-refractivity contribution in [1.82, 2.24) is 5.32 Å². The number of hydrogen-bond acceptors (Lipinski definition) is 2. The highest BCUT2D eigenvalue weighted by Gasteiger charge is 2.07. The molecule has 3 heteroatoms. The molecule has 1 N–H and O–H groups in total. The molecule has 0 bridgehead atoms. The fraction of sp³-hybridized carbons (Fsp3) is 0.571. The lowest BCUT2D eigenvalue weighted by atomic mass is 10.2. The molecule has 0 fully saturated rings. The predicted octanol–water partition coefficient (Wildman–Crippen LogP) is 3.87. The van der Waals surface area contributed by atoms with E-state index in [1.807, 2.05) is 12.1 Å². The maximum absolute atomic E-state index is 6.15. The summed E-state index contributed by atoms with van der Waals surface area (Å²) in [6.45, 7) is 8.99. The SMILES string of the molecule is CCCOc1c(Cl)cccc1CNCC(C)C. The summed E-state index contributed by atoms with van der Waals surface area (Å²) in [5.74, 6) is 1.47. The van der Waals surface area contributed by atoms with E-state index in [-0.39, 0.29) is 0 Å². The molecule has 2 nitrogen and oxygen atoms in total. The Balaban J connectivity index is 2.65. The minimum absolute atomic E-state index is 0.647. The van der Waals surface area contributed by atoms with E-state index < -0.39 is 0 Å². The van der Waals surface area contributed by atoms with Crippen LogP contribution in [-0.2, 0) is 6.54 Å². The number of rotatable bonds is 7. The van der Waals surface area contributed by atoms with Crippen LogP contribution in [0.4, 0.5) is 0 Å². The Morgan fingerprint density at radius 3 is 2.76 bits per heavy atom. The fourth-order valence-corrected chi connectivity index (χ4v) is 1.80. The molecule has 0 saturated carbocycles. The Kier molecular flexibility index (Phi) is 6.38. The lowest BCUT2D eigenvalue weighted by molar-refractivity contribution is 0.313. The van der Waals surface area contributed by atoms with Gasteiger partial charge in [-0.15, -0.1) is 0 Å². The summed E-state index contributed by atoms with van der Waals surface area (Å²) in [7, 11) is 0. The normalized spacial score (nSPS) is 10.9. The van der Waals surface area contributed by atoms with E-state index >= 15 is 0 Å². The summed E-state index contributed by atoms with van der Waals surface area (Å²) < 4.78 is 5.70. The summed E-state index contributed by atoms with van der Waals surface area (Å²) in [5, 5.41) is 4.10. The predicted molar refractivity (Wildman–Crippen MR) is 73.8 cm³/mol. The third-order valence-corrected chi connectivity index (χ3v) is 2.66. The average Bonchev–Trinajstić information content (AvgIpc) is 2.28. The lowest BCUT2D eigenvalue weighted by Crippen LogP contribution is -2.19. The van der Waals surface area contributed by atoms with Gasteiger partial charge >= 0.3 is 0 Å². The van der Waals surface area contributed by atoms with Gasteiger partial charge in [0.1, 0.15) is 5.75 Å². The summed E-state index contributed by atoms with van der Waals surface area (Å²) in [6.07, 6.45) is 0.990. The van der Waals surface area contributed by atoms with E-state index in [4.69, 9.17) is 16.3 Å². The number of hydrogen-bond donors (Lipinski definition) is 1. The summed E-state index contributed by atoms with van der Waals surface area (Å²) in [4.78, 5) is 0. The van der Waals surface area contributed by atoms with Gasteiger partial charge < -0.3 is 10.1 Å².